The molecule has 0 aliphatic rings. The minimum absolute atomic E-state index is 0.168. The van der Waals surface area contributed by atoms with Crippen LogP contribution in [0.4, 0.5) is 9.59 Å². The van der Waals surface area contributed by atoms with Crippen LogP contribution in [-0.2, 0) is 4.79 Å². The molecule has 0 aromatic carbocycles. The number of nitrogens with two attached hydrogens (primary N) is 1. The highest BCUT2D eigenvalue weighted by Gasteiger charge is 2.24. The quantitative estimate of drug-likeness (QED) is 0.393. The molecule has 104 valence electrons. The van der Waals surface area contributed by atoms with Gasteiger partial charge in [-0.2, -0.15) is 0 Å². The van der Waals surface area contributed by atoms with Crippen molar-refractivity contribution in [2.24, 2.45) is 11.7 Å². The number of carbonyl (C=O) groups excluding carboxylic acids is 2. The van der Waals surface area contributed by atoms with Gasteiger partial charge < -0.3 is 26.8 Å². The third kappa shape index (κ3) is 6.56. The van der Waals surface area contributed by atoms with Crippen molar-refractivity contribution in [2.75, 3.05) is 13.1 Å². The highest BCUT2D eigenvalue weighted by atomic mass is 16.4. The van der Waals surface area contributed by atoms with Gasteiger partial charge in [-0.1, -0.05) is 20.3 Å². The number of aliphatic carboxylic acids is 1. The van der Waals surface area contributed by atoms with E-state index in [0.29, 0.717) is 6.42 Å². The summed E-state index contributed by atoms with van der Waals surface area (Å²) in [7, 11) is 0. The molecular weight excluding hydrogens is 240 g/mol. The lowest BCUT2D eigenvalue weighted by atomic mass is 9.99. The van der Waals surface area contributed by atoms with Gasteiger partial charge in [-0.05, 0) is 5.92 Å². The first-order chi connectivity index (χ1) is 8.38. The third-order valence-corrected chi connectivity index (χ3v) is 2.48. The molecule has 0 heterocycles. The summed E-state index contributed by atoms with van der Waals surface area (Å²) in [5, 5.41) is 16.0. The van der Waals surface area contributed by atoms with Gasteiger partial charge in [-0.3, -0.25) is 0 Å². The molecule has 18 heavy (non-hydrogen) atoms. The van der Waals surface area contributed by atoms with Crippen LogP contribution in [0.5, 0.6) is 0 Å². The van der Waals surface area contributed by atoms with E-state index in [1.165, 1.54) is 0 Å². The lowest BCUT2D eigenvalue weighted by Crippen LogP contribution is -2.50. The number of carboxylic acid groups (broad SMARTS) is 1. The summed E-state index contributed by atoms with van der Waals surface area (Å²) in [6.07, 6.45) is 0.639. The summed E-state index contributed by atoms with van der Waals surface area (Å²) in [6.45, 7) is 3.94. The van der Waals surface area contributed by atoms with E-state index in [9.17, 15) is 14.4 Å². The molecule has 0 bridgehead atoms. The maximum Gasteiger partial charge on any atom is 0.326 e. The van der Waals surface area contributed by atoms with Gasteiger partial charge in [0.15, 0.2) is 0 Å². The smallest absolute Gasteiger partial charge is 0.326 e. The molecule has 0 saturated carbocycles. The van der Waals surface area contributed by atoms with Crippen LogP contribution in [0.2, 0.25) is 0 Å². The number of urea groups is 2. The standard InChI is InChI=1S/C10H20N4O4/c1-3-6(2)7(8(15)16)14-10(18)13-5-4-12-9(11)17/h6-7H,3-5H2,1-2H3,(H,15,16)(H3,11,12,17)(H2,13,14,18)/t6?,7-/m0/s1. The Morgan fingerprint density at radius 3 is 2.22 bits per heavy atom. The Kier molecular flexibility index (Phi) is 7.25. The van der Waals surface area contributed by atoms with E-state index < -0.39 is 24.1 Å². The molecule has 0 aliphatic carbocycles. The normalized spacial score (nSPS) is 13.2. The van der Waals surface area contributed by atoms with Crippen molar-refractivity contribution >= 4 is 18.0 Å². The average molecular weight is 260 g/mol. The van der Waals surface area contributed by atoms with Crippen LogP contribution in [0.1, 0.15) is 20.3 Å². The molecule has 2 atom stereocenters. The molecular formula is C10H20N4O4. The monoisotopic (exact) mass is 260 g/mol. The Hall–Kier alpha value is -1.99. The Labute approximate surface area is 105 Å². The third-order valence-electron chi connectivity index (χ3n) is 2.48. The Morgan fingerprint density at radius 1 is 1.22 bits per heavy atom. The summed E-state index contributed by atoms with van der Waals surface area (Å²) >= 11 is 0. The number of rotatable bonds is 7. The molecule has 8 heteroatoms. The van der Waals surface area contributed by atoms with Gasteiger partial charge in [-0.25, -0.2) is 14.4 Å². The van der Waals surface area contributed by atoms with Gasteiger partial charge in [-0.15, -0.1) is 0 Å². The number of carbonyl (C=O) groups is 3. The number of nitrogens with one attached hydrogen (secondary N) is 3. The largest absolute Gasteiger partial charge is 0.480 e. The Bertz CT molecular complexity index is 308. The van der Waals surface area contributed by atoms with Gasteiger partial charge in [0.05, 0.1) is 0 Å². The molecule has 0 saturated heterocycles. The van der Waals surface area contributed by atoms with Gasteiger partial charge in [0.2, 0.25) is 0 Å². The zero-order chi connectivity index (χ0) is 14.1. The van der Waals surface area contributed by atoms with Gasteiger partial charge in [0.1, 0.15) is 6.04 Å². The molecule has 1 unspecified atom stereocenters. The first-order valence-corrected chi connectivity index (χ1v) is 5.69. The summed E-state index contributed by atoms with van der Waals surface area (Å²) in [6, 6.07) is -2.20. The maximum absolute atomic E-state index is 11.4. The fraction of sp³-hybridized carbons (Fsp3) is 0.700. The van der Waals surface area contributed by atoms with Crippen molar-refractivity contribution in [1.29, 1.82) is 0 Å². The van der Waals surface area contributed by atoms with Crippen LogP contribution < -0.4 is 21.7 Å². The topological polar surface area (TPSA) is 134 Å². The fourth-order valence-electron chi connectivity index (χ4n) is 1.24. The van der Waals surface area contributed by atoms with Crippen molar-refractivity contribution in [3.8, 4) is 0 Å². The van der Waals surface area contributed by atoms with Crippen LogP contribution in [-0.4, -0.2) is 42.3 Å². The van der Waals surface area contributed by atoms with Crippen molar-refractivity contribution in [3.05, 3.63) is 0 Å². The van der Waals surface area contributed by atoms with Crippen LogP contribution >= 0.6 is 0 Å². The predicted octanol–water partition coefficient (Wildman–Crippen LogP) is -0.547. The van der Waals surface area contributed by atoms with E-state index in [1.807, 2.05) is 6.92 Å². The summed E-state index contributed by atoms with van der Waals surface area (Å²) < 4.78 is 0. The van der Waals surface area contributed by atoms with Crippen LogP contribution in [0.25, 0.3) is 0 Å². The highest BCUT2D eigenvalue weighted by molar-refractivity contribution is 5.82. The number of hydrogen-bond donors (Lipinski definition) is 5. The molecule has 8 nitrogen and oxygen atoms in total. The summed E-state index contributed by atoms with van der Waals surface area (Å²) in [5.74, 6) is -1.24. The second-order valence-corrected chi connectivity index (χ2v) is 3.89. The van der Waals surface area contributed by atoms with E-state index in [-0.39, 0.29) is 19.0 Å². The molecule has 0 fully saturated rings. The minimum Gasteiger partial charge on any atom is -0.480 e. The lowest BCUT2D eigenvalue weighted by molar-refractivity contribution is -0.140. The van der Waals surface area contributed by atoms with Gasteiger partial charge in [0, 0.05) is 13.1 Å². The van der Waals surface area contributed by atoms with Crippen LogP contribution in [0, 0.1) is 5.92 Å². The summed E-state index contributed by atoms with van der Waals surface area (Å²) in [4.78, 5) is 32.7. The van der Waals surface area contributed by atoms with E-state index >= 15 is 0 Å². The highest BCUT2D eigenvalue weighted by Crippen LogP contribution is 2.07. The zero-order valence-electron chi connectivity index (χ0n) is 10.5. The number of carboxylic acids is 1. The first kappa shape index (κ1) is 16.0. The van der Waals surface area contributed by atoms with Gasteiger partial charge >= 0.3 is 18.0 Å². The number of hydrogen-bond acceptors (Lipinski definition) is 3. The minimum atomic E-state index is -1.07. The first-order valence-electron chi connectivity index (χ1n) is 5.69. The van der Waals surface area contributed by atoms with E-state index in [4.69, 9.17) is 10.8 Å². The SMILES string of the molecule is CCC(C)[C@H](NC(=O)NCCNC(N)=O)C(=O)O. The Morgan fingerprint density at radius 2 is 1.78 bits per heavy atom. The van der Waals surface area contributed by atoms with Crippen molar-refractivity contribution in [3.63, 3.8) is 0 Å². The number of amides is 4. The van der Waals surface area contributed by atoms with Crippen molar-refractivity contribution < 1.29 is 19.5 Å². The van der Waals surface area contributed by atoms with E-state index in [1.54, 1.807) is 6.92 Å². The van der Waals surface area contributed by atoms with Crippen molar-refractivity contribution in [2.45, 2.75) is 26.3 Å². The molecule has 0 spiro atoms. The fourth-order valence-corrected chi connectivity index (χ4v) is 1.24. The predicted molar refractivity (Wildman–Crippen MR) is 65.0 cm³/mol. The van der Waals surface area contributed by atoms with Crippen LogP contribution in [0.15, 0.2) is 0 Å². The molecule has 0 aromatic heterocycles. The molecule has 0 rings (SSSR count). The lowest BCUT2D eigenvalue weighted by Gasteiger charge is -2.20. The molecule has 0 aliphatic heterocycles. The molecule has 0 radical (unpaired) electrons. The second-order valence-electron chi connectivity index (χ2n) is 3.89. The van der Waals surface area contributed by atoms with Gasteiger partial charge in [0.25, 0.3) is 0 Å². The average Bonchev–Trinajstić information content (AvgIpc) is 2.30. The molecule has 6 N–H and O–H groups in total. The second kappa shape index (κ2) is 8.15. The molecule has 4 amide bonds. The molecule has 0 aromatic rings. The van der Waals surface area contributed by atoms with E-state index in [2.05, 4.69) is 16.0 Å². The van der Waals surface area contributed by atoms with Crippen LogP contribution in [0.3, 0.4) is 0 Å². The zero-order valence-corrected chi connectivity index (χ0v) is 10.5. The Balaban J connectivity index is 4.03. The summed E-state index contributed by atoms with van der Waals surface area (Å²) in [5.41, 5.74) is 4.83. The van der Waals surface area contributed by atoms with E-state index in [0.717, 1.165) is 0 Å². The number of primary amides is 1. The van der Waals surface area contributed by atoms with Crippen molar-refractivity contribution in [1.82, 2.24) is 16.0 Å². The maximum atomic E-state index is 11.4.